The van der Waals surface area contributed by atoms with E-state index in [-0.39, 0.29) is 26.4 Å². The maximum absolute atomic E-state index is 13.9. The van der Waals surface area contributed by atoms with Crippen molar-refractivity contribution in [3.05, 3.63) is 262 Å². The summed E-state index contributed by atoms with van der Waals surface area (Å²) in [4.78, 5) is 49.0. The molecule has 0 N–H and O–H groups in total. The molecule has 0 aliphatic heterocycles. The van der Waals surface area contributed by atoms with Gasteiger partial charge in [0.2, 0.25) is 11.5 Å². The van der Waals surface area contributed by atoms with Gasteiger partial charge in [-0.2, -0.15) is 5.26 Å². The molecule has 0 saturated carbocycles. The van der Waals surface area contributed by atoms with Gasteiger partial charge in [-0.25, -0.2) is 60.5 Å². The monoisotopic (exact) mass is 1590 g/mol. The lowest BCUT2D eigenvalue weighted by atomic mass is 10.0. The average Bonchev–Trinajstić information content (AvgIpc) is 1.81. The van der Waals surface area contributed by atoms with Crippen molar-refractivity contribution in [3.8, 4) is 58.2 Å². The predicted molar refractivity (Wildman–Crippen MR) is 423 cm³/mol. The quantitative estimate of drug-likeness (QED) is 0.0372. The number of nitrogens with zero attached hydrogens (tertiary/aromatic N) is 9. The van der Waals surface area contributed by atoms with Crippen LogP contribution in [-0.2, 0) is 0 Å². The first-order valence-corrected chi connectivity index (χ1v) is 38.0. The molecule has 6 heterocycles. The summed E-state index contributed by atoms with van der Waals surface area (Å²) in [7, 11) is 0. The molecule has 0 unspecified atom stereocenters. The smallest absolute Gasteiger partial charge is 0.258 e. The minimum atomic E-state index is -2.17. The number of rotatable bonds is 7. The highest BCUT2D eigenvalue weighted by atomic mass is 35.5. The van der Waals surface area contributed by atoms with E-state index in [4.69, 9.17) is 34.8 Å². The number of nitriles is 1. The minimum absolute atomic E-state index is 0.0210. The van der Waals surface area contributed by atoms with Crippen LogP contribution in [0.4, 0.5) is 47.8 Å². The Morgan fingerprint density at radius 1 is 0.430 bits per heavy atom. The molecule has 0 aliphatic carbocycles. The third kappa shape index (κ3) is 15.4. The van der Waals surface area contributed by atoms with E-state index in [1.165, 1.54) is 46.1 Å². The van der Waals surface area contributed by atoms with Gasteiger partial charge in [-0.15, -0.1) is 68.0 Å². The number of benzene rings is 9. The molecular weight excluding hydrogens is 1540 g/mol. The lowest BCUT2D eigenvalue weighted by Gasteiger charge is -2.05. The van der Waals surface area contributed by atoms with Crippen molar-refractivity contribution in [1.82, 2.24) is 24.9 Å². The van der Waals surface area contributed by atoms with Crippen molar-refractivity contribution in [2.45, 2.75) is 96.9 Å². The molecule has 0 radical (unpaired) electrons. The van der Waals surface area contributed by atoms with Crippen LogP contribution in [0.2, 0.25) is 10.0 Å². The van der Waals surface area contributed by atoms with E-state index in [1.807, 2.05) is 85.0 Å². The van der Waals surface area contributed by atoms with Crippen LogP contribution in [0.5, 0.6) is 0 Å². The van der Waals surface area contributed by atoms with Crippen molar-refractivity contribution in [2.75, 3.05) is 0 Å². The number of aromatic nitrogens is 5. The third-order valence-electron chi connectivity index (χ3n) is 17.4. The first-order chi connectivity index (χ1) is 50.6. The number of thiophene rings is 1. The fourth-order valence-corrected chi connectivity index (χ4v) is 19.1. The van der Waals surface area contributed by atoms with Crippen molar-refractivity contribution >= 4 is 159 Å². The highest BCUT2D eigenvalue weighted by Crippen LogP contribution is 2.47. The summed E-state index contributed by atoms with van der Waals surface area (Å²) in [6.45, 7) is 33.8. The Bertz CT molecular complexity index is 5890. The van der Waals surface area contributed by atoms with Gasteiger partial charge < -0.3 is 0 Å². The van der Waals surface area contributed by atoms with E-state index in [0.717, 1.165) is 139 Å². The lowest BCUT2D eigenvalue weighted by Crippen LogP contribution is -2.03. The Morgan fingerprint density at radius 2 is 0.804 bits per heavy atom. The number of halogens is 9. The van der Waals surface area contributed by atoms with Gasteiger partial charge in [-0.1, -0.05) is 87.9 Å². The number of fused-ring (bicyclic) bond motifs is 5. The molecule has 542 valence electrons. The molecule has 0 amide bonds. The Labute approximate surface area is 642 Å². The molecule has 0 fully saturated rings. The van der Waals surface area contributed by atoms with Gasteiger partial charge in [0.1, 0.15) is 46.7 Å². The topological polar surface area (TPSA) is 179 Å². The molecule has 6 aromatic heterocycles. The molecule has 0 aliphatic rings. The average molecular weight is 1590 g/mol. The van der Waals surface area contributed by atoms with Gasteiger partial charge in [0, 0.05) is 38.6 Å². The summed E-state index contributed by atoms with van der Waals surface area (Å²) in [5, 5.41) is 37.4. The summed E-state index contributed by atoms with van der Waals surface area (Å²) >= 11 is 21.0. The second-order valence-electron chi connectivity index (χ2n) is 25.3. The van der Waals surface area contributed by atoms with Crippen molar-refractivity contribution in [2.24, 2.45) is 0 Å². The van der Waals surface area contributed by atoms with Gasteiger partial charge >= 0.3 is 0 Å². The van der Waals surface area contributed by atoms with Crippen molar-refractivity contribution < 1.29 is 40.6 Å². The molecule has 0 spiro atoms. The van der Waals surface area contributed by atoms with Crippen LogP contribution in [0.3, 0.4) is 0 Å². The van der Waals surface area contributed by atoms with E-state index in [2.05, 4.69) is 67.2 Å². The van der Waals surface area contributed by atoms with Gasteiger partial charge in [-0.05, 0) is 184 Å². The van der Waals surface area contributed by atoms with E-state index in [1.54, 1.807) is 76.3 Å². The molecule has 0 bridgehead atoms. The largest absolute Gasteiger partial charge is 0.293 e. The van der Waals surface area contributed by atoms with Crippen LogP contribution in [0.1, 0.15) is 83.5 Å². The maximum Gasteiger partial charge on any atom is 0.293 e. The van der Waals surface area contributed by atoms with Gasteiger partial charge in [0.25, 0.3) is 11.4 Å². The highest BCUT2D eigenvalue weighted by molar-refractivity contribution is 7.25. The minimum Gasteiger partial charge on any atom is -0.258 e. The van der Waals surface area contributed by atoms with Crippen LogP contribution >= 0.6 is 91.2 Å². The molecule has 15 rings (SSSR count). The Hall–Kier alpha value is -10.0. The number of nitro groups is 2. The number of nitro benzene ring substituents is 2. The Balaban J connectivity index is 0.000000133. The van der Waals surface area contributed by atoms with Crippen LogP contribution < -0.4 is 0 Å². The lowest BCUT2D eigenvalue weighted by molar-refractivity contribution is -0.385. The summed E-state index contributed by atoms with van der Waals surface area (Å²) in [6.07, 6.45) is 0. The van der Waals surface area contributed by atoms with Gasteiger partial charge in [0.15, 0.2) is 23.3 Å². The van der Waals surface area contributed by atoms with Crippen LogP contribution in [-0.4, -0.2) is 34.8 Å². The summed E-state index contributed by atoms with van der Waals surface area (Å²) < 4.78 is 98.5. The zero-order valence-corrected chi connectivity index (χ0v) is 65.7. The van der Waals surface area contributed by atoms with Crippen LogP contribution in [0, 0.1) is 176 Å². The highest BCUT2D eigenvalue weighted by Gasteiger charge is 2.31. The van der Waals surface area contributed by atoms with Crippen LogP contribution in [0.15, 0.2) is 96.4 Å². The normalized spacial score (nSPS) is 11.1. The van der Waals surface area contributed by atoms with Gasteiger partial charge in [-0.3, -0.25) is 20.2 Å². The molecular formula is C79H58Cl2F7N9O4S6. The second kappa shape index (κ2) is 31.4. The number of thiazole rings is 5. The standard InChI is InChI=1S/2C17H15ClN2O2S.C15H8F5NS.C15H11F2NS.C15H9N3S2/c1-8-5-9(2)7-12(6-8)17-19-14-11(4)15(20(21)22)13(18)10(3)16(14)23-17;1-8-5-9(2)7-12(6-8)17-19-14-10(3)13(18)15(20(21)22)11(4)16(14)23-17;1-5-3-4-6(2)14-13(5)21-15(22-14)7-8(16)10(18)12(20)11(19)9(7)17;1-8-3-4-9(2)14-13(8)18-15(19-14)10-5-11(16)7-12(17)6-10;1-8-10(7-16)12(17-3)9(2)14-13(8)18-15(20-14)11-5-4-6-19-11/h2*5-7H,1-4H3;3-4H,1-2H3;3-7H,1-2H3;4-6H,1-2H3. The number of hydrogen-bond acceptors (Lipinski definition) is 16. The maximum atomic E-state index is 13.9. The predicted octanol–water partition coefficient (Wildman–Crippen LogP) is 26.7. The first kappa shape index (κ1) is 78.1. The summed E-state index contributed by atoms with van der Waals surface area (Å²) in [6, 6.07) is 29.8. The zero-order chi connectivity index (χ0) is 77.8. The van der Waals surface area contributed by atoms with Crippen molar-refractivity contribution in [1.29, 1.82) is 5.26 Å². The van der Waals surface area contributed by atoms with Crippen molar-refractivity contribution in [3.63, 3.8) is 0 Å². The van der Waals surface area contributed by atoms with E-state index >= 15 is 0 Å². The molecule has 13 nitrogen and oxygen atoms in total. The fourth-order valence-electron chi connectivity index (χ4n) is 12.1. The molecule has 107 heavy (non-hydrogen) atoms. The van der Waals surface area contributed by atoms with E-state index < -0.39 is 56.1 Å². The number of aryl methyl sites for hydroxylation is 14. The molecule has 9 aromatic carbocycles. The van der Waals surface area contributed by atoms with E-state index in [9.17, 15) is 56.2 Å². The van der Waals surface area contributed by atoms with E-state index in [0.29, 0.717) is 59.8 Å². The molecule has 28 heteroatoms. The van der Waals surface area contributed by atoms with Crippen LogP contribution in [0.25, 0.3) is 108 Å². The number of hydrogen-bond donors (Lipinski definition) is 0. The molecule has 0 saturated heterocycles. The van der Waals surface area contributed by atoms with Gasteiger partial charge in [0.05, 0.1) is 90.4 Å². The first-order valence-electron chi connectivity index (χ1n) is 32.2. The second-order valence-corrected chi connectivity index (χ2v) is 32.0. The fraction of sp³-hybridized carbons (Fsp3) is 0.177. The third-order valence-corrected chi connectivity index (χ3v) is 25.4. The molecule has 15 aromatic rings. The summed E-state index contributed by atoms with van der Waals surface area (Å²) in [5.41, 5.74) is 18.6. The SMILES string of the molecule is Cc1cc(C)cc(-c2nc3c(C)c(Cl)c([N+](=O)[O-])c(C)c3s2)c1.Cc1cc(C)cc(-c2nc3c(C)c([N+](=O)[O-])c(Cl)c(C)c3s2)c1.Cc1ccc(C)c2sc(-c3c(F)c(F)c(F)c(F)c3F)nc12.Cc1ccc(C)c2sc(-c3cc(F)cc(F)c3)nc12.[C-]#[N+]c1c(C#N)c(C)c2nc(-c3cccs3)sc2c1C. The zero-order valence-electron chi connectivity index (χ0n) is 59.2. The Morgan fingerprint density at radius 3 is 1.26 bits per heavy atom. The summed E-state index contributed by atoms with van der Waals surface area (Å²) in [5.74, 6) is -11.0. The molecule has 0 atom stereocenters. The Kier molecular flexibility index (Phi) is 22.9.